The van der Waals surface area contributed by atoms with Crippen LogP contribution in [-0.4, -0.2) is 0 Å². The third-order valence-electron chi connectivity index (χ3n) is 10.2. The van der Waals surface area contributed by atoms with Crippen molar-refractivity contribution in [2.45, 2.75) is 0 Å². The normalized spacial score (nSPS) is 14.1. The summed E-state index contributed by atoms with van der Waals surface area (Å²) in [6.45, 7) is 0. The highest BCUT2D eigenvalue weighted by Gasteiger charge is 2.18. The number of furan rings is 1. The van der Waals surface area contributed by atoms with Gasteiger partial charge < -0.3 is 4.42 Å². The molecule has 1 aromatic heterocycles. The number of rotatable bonds is 3. The van der Waals surface area contributed by atoms with Crippen LogP contribution in [0.1, 0.15) is 11.0 Å². The topological polar surface area (TPSA) is 13.1 Å². The van der Waals surface area contributed by atoms with E-state index in [2.05, 4.69) is 42.5 Å². The van der Waals surface area contributed by atoms with E-state index in [1.54, 1.807) is 0 Å². The Morgan fingerprint density at radius 1 is 0.373 bits per heavy atom. The Hall–Kier alpha value is -6.70. The molecule has 0 saturated carbocycles. The van der Waals surface area contributed by atoms with Crippen LogP contribution in [0.5, 0.6) is 0 Å². The second kappa shape index (κ2) is 10.9. The van der Waals surface area contributed by atoms with Crippen LogP contribution in [0.2, 0.25) is 0 Å². The zero-order chi connectivity index (χ0) is 40.4. The van der Waals surface area contributed by atoms with Gasteiger partial charge in [-0.25, -0.2) is 0 Å². The van der Waals surface area contributed by atoms with E-state index in [1.807, 2.05) is 91.0 Å². The summed E-state index contributed by atoms with van der Waals surface area (Å²) in [6, 6.07) is 41.0. The van der Waals surface area contributed by atoms with Gasteiger partial charge in [-0.3, -0.25) is 0 Å². The lowest BCUT2D eigenvalue weighted by molar-refractivity contribution is 0.673. The quantitative estimate of drug-likeness (QED) is 0.173. The van der Waals surface area contributed by atoms with Crippen LogP contribution in [0.15, 0.2) is 186 Å². The van der Waals surface area contributed by atoms with Crippen molar-refractivity contribution in [2.24, 2.45) is 0 Å². The summed E-state index contributed by atoms with van der Waals surface area (Å²) < 4.78 is 79.3. The van der Waals surface area contributed by atoms with Crippen LogP contribution in [-0.2, 0) is 0 Å². The SMILES string of the molecule is [2H]c1c([2H])c([2H])c2c(-c3ccc4ccc(-c5cccc6oc7c8ccccc8ccc7c56)cc4c3)c3c([2H])c([2H])c([2H])c([2H])c3c(-c3ccc4ccccc4c3)c2c1[2H]. The summed E-state index contributed by atoms with van der Waals surface area (Å²) in [6.07, 6.45) is 0. The standard InChI is InChI=1S/C50H30O/c1-2-12-34-28-36(24-21-31(34)10-1)47-41-14-5-7-16-43(41)48(44-17-8-6-15-42(44)47)37-25-22-32-20-23-35(29-38(32)30-37)39-18-9-19-46-49(39)45-27-26-33-11-3-4-13-40(33)50(45)51-46/h1-30H/i5D,6D,7D,8D,14D,15D,16D,17D. The molecule has 0 spiro atoms. The summed E-state index contributed by atoms with van der Waals surface area (Å²) >= 11 is 0. The lowest BCUT2D eigenvalue weighted by Crippen LogP contribution is -1.91. The minimum atomic E-state index is -0.426. The molecule has 1 nitrogen and oxygen atoms in total. The van der Waals surface area contributed by atoms with Gasteiger partial charge in [0.1, 0.15) is 11.2 Å². The van der Waals surface area contributed by atoms with Gasteiger partial charge >= 0.3 is 0 Å². The average Bonchev–Trinajstić information content (AvgIpc) is 3.67. The van der Waals surface area contributed by atoms with Crippen molar-refractivity contribution in [1.29, 1.82) is 0 Å². The number of benzene rings is 10. The van der Waals surface area contributed by atoms with E-state index in [0.29, 0.717) is 22.3 Å². The fourth-order valence-electron chi connectivity index (χ4n) is 7.91. The molecule has 0 saturated heterocycles. The molecule has 0 aliphatic rings. The second-order valence-electron chi connectivity index (χ2n) is 13.0. The van der Waals surface area contributed by atoms with Gasteiger partial charge in [-0.05, 0) is 112 Å². The van der Waals surface area contributed by atoms with E-state index in [4.69, 9.17) is 9.90 Å². The zero-order valence-corrected chi connectivity index (χ0v) is 27.1. The number of hydrogen-bond acceptors (Lipinski definition) is 1. The minimum absolute atomic E-state index is 0.189. The van der Waals surface area contributed by atoms with Crippen molar-refractivity contribution < 1.29 is 15.4 Å². The van der Waals surface area contributed by atoms with Crippen molar-refractivity contribution in [3.8, 4) is 33.4 Å². The van der Waals surface area contributed by atoms with Gasteiger partial charge in [0.15, 0.2) is 0 Å². The molecule has 0 amide bonds. The molecule has 11 aromatic rings. The van der Waals surface area contributed by atoms with Gasteiger partial charge in [-0.2, -0.15) is 0 Å². The first kappa shape index (κ1) is 21.4. The third-order valence-corrected chi connectivity index (χ3v) is 10.2. The van der Waals surface area contributed by atoms with Gasteiger partial charge in [-0.15, -0.1) is 0 Å². The van der Waals surface area contributed by atoms with E-state index in [1.165, 1.54) is 0 Å². The van der Waals surface area contributed by atoms with Crippen LogP contribution in [0.3, 0.4) is 0 Å². The molecule has 0 radical (unpaired) electrons. The van der Waals surface area contributed by atoms with Crippen LogP contribution < -0.4 is 0 Å². The molecule has 10 aromatic carbocycles. The Kier molecular flexibility index (Phi) is 4.57. The van der Waals surface area contributed by atoms with E-state index in [0.717, 1.165) is 65.4 Å². The minimum Gasteiger partial charge on any atom is -0.455 e. The maximum atomic E-state index is 9.40. The van der Waals surface area contributed by atoms with Gasteiger partial charge in [-0.1, -0.05) is 151 Å². The Morgan fingerprint density at radius 3 is 1.59 bits per heavy atom. The molecule has 236 valence electrons. The van der Waals surface area contributed by atoms with Gasteiger partial charge in [0, 0.05) is 16.2 Å². The van der Waals surface area contributed by atoms with Crippen LogP contribution in [0.25, 0.3) is 109 Å². The van der Waals surface area contributed by atoms with E-state index in [9.17, 15) is 5.48 Å². The fourth-order valence-corrected chi connectivity index (χ4v) is 7.91. The smallest absolute Gasteiger partial charge is 0.143 e. The van der Waals surface area contributed by atoms with E-state index < -0.39 is 24.2 Å². The summed E-state index contributed by atoms with van der Waals surface area (Å²) in [5, 5.41) is 8.53. The summed E-state index contributed by atoms with van der Waals surface area (Å²) in [5.74, 6) is 0. The fraction of sp³-hybridized carbons (Fsp3) is 0. The first-order valence-corrected chi connectivity index (χ1v) is 16.9. The van der Waals surface area contributed by atoms with E-state index >= 15 is 0 Å². The molecule has 0 N–H and O–H groups in total. The summed E-state index contributed by atoms with van der Waals surface area (Å²) in [4.78, 5) is 0. The first-order chi connectivity index (χ1) is 28.6. The van der Waals surface area contributed by atoms with Crippen molar-refractivity contribution >= 4 is 75.8 Å². The highest BCUT2D eigenvalue weighted by atomic mass is 16.3. The molecule has 51 heavy (non-hydrogen) atoms. The van der Waals surface area contributed by atoms with Gasteiger partial charge in [0.2, 0.25) is 0 Å². The maximum absolute atomic E-state index is 9.40. The molecule has 0 bridgehead atoms. The molecule has 0 aliphatic carbocycles. The molecule has 0 unspecified atom stereocenters. The molecule has 0 fully saturated rings. The largest absolute Gasteiger partial charge is 0.455 e. The molecule has 1 heterocycles. The van der Waals surface area contributed by atoms with Gasteiger partial charge in [0.05, 0.1) is 11.0 Å². The Bertz CT molecular complexity index is 3580. The summed E-state index contributed by atoms with van der Waals surface area (Å²) in [5.41, 5.74) is 5.33. The van der Waals surface area contributed by atoms with Crippen molar-refractivity contribution in [3.05, 3.63) is 182 Å². The predicted molar refractivity (Wildman–Crippen MR) is 218 cm³/mol. The number of fused-ring (bicyclic) bond motifs is 9. The second-order valence-corrected chi connectivity index (χ2v) is 13.0. The molecular weight excluding hydrogens is 617 g/mol. The highest BCUT2D eigenvalue weighted by Crippen LogP contribution is 2.45. The highest BCUT2D eigenvalue weighted by molar-refractivity contribution is 6.22. The Morgan fingerprint density at radius 2 is 0.902 bits per heavy atom. The van der Waals surface area contributed by atoms with Gasteiger partial charge in [0.25, 0.3) is 0 Å². The first-order valence-electron chi connectivity index (χ1n) is 20.9. The lowest BCUT2D eigenvalue weighted by Gasteiger charge is -2.18. The molecule has 1 heteroatoms. The predicted octanol–water partition coefficient (Wildman–Crippen LogP) is 14.4. The third kappa shape index (κ3) is 4.28. The monoisotopic (exact) mass is 654 g/mol. The Balaban J connectivity index is 1.23. The molecule has 0 atom stereocenters. The average molecular weight is 655 g/mol. The van der Waals surface area contributed by atoms with Crippen LogP contribution in [0, 0.1) is 0 Å². The van der Waals surface area contributed by atoms with Crippen LogP contribution in [0.4, 0.5) is 0 Å². The van der Waals surface area contributed by atoms with Crippen molar-refractivity contribution in [2.75, 3.05) is 0 Å². The number of hydrogen-bond donors (Lipinski definition) is 0. The Labute approximate surface area is 305 Å². The van der Waals surface area contributed by atoms with Crippen molar-refractivity contribution in [1.82, 2.24) is 0 Å². The zero-order valence-electron chi connectivity index (χ0n) is 35.1. The summed E-state index contributed by atoms with van der Waals surface area (Å²) in [7, 11) is 0. The van der Waals surface area contributed by atoms with E-state index in [-0.39, 0.29) is 45.7 Å². The molecule has 0 aliphatic heterocycles. The maximum Gasteiger partial charge on any atom is 0.143 e. The van der Waals surface area contributed by atoms with Crippen LogP contribution >= 0.6 is 0 Å². The van der Waals surface area contributed by atoms with Crippen molar-refractivity contribution in [3.63, 3.8) is 0 Å². The lowest BCUT2D eigenvalue weighted by atomic mass is 9.85. The molecule has 11 rings (SSSR count). The molecular formula is C50H30O.